The minimum atomic E-state index is -1.46. The van der Waals surface area contributed by atoms with Crippen molar-refractivity contribution in [3.05, 3.63) is 24.3 Å². The number of aliphatic hydroxyl groups is 5. The molecule has 0 amide bonds. The van der Waals surface area contributed by atoms with Gasteiger partial charge >= 0.3 is 5.97 Å². The zero-order chi connectivity index (χ0) is 36.6. The molecule has 3 aliphatic rings. The summed E-state index contributed by atoms with van der Waals surface area (Å²) < 4.78 is 36.1. The predicted molar refractivity (Wildman–Crippen MR) is 177 cm³/mol. The van der Waals surface area contributed by atoms with E-state index in [1.54, 1.807) is 58.0 Å². The number of cyclic esters (lactones) is 1. The number of esters is 1. The van der Waals surface area contributed by atoms with Crippen LogP contribution in [0.4, 0.5) is 0 Å². The molecule has 2 fully saturated rings. The average Bonchev–Trinajstić information content (AvgIpc) is 3.00. The summed E-state index contributed by atoms with van der Waals surface area (Å²) in [4.78, 5) is 26.6. The van der Waals surface area contributed by atoms with Crippen LogP contribution in [0.3, 0.4) is 0 Å². The molecule has 0 aromatic rings. The fraction of sp³-hybridized carbons (Fsp3) is 0.829. The van der Waals surface area contributed by atoms with Crippen LogP contribution < -0.4 is 0 Å². The maximum absolute atomic E-state index is 12.8. The van der Waals surface area contributed by atoms with E-state index in [1.807, 2.05) is 13.0 Å². The highest BCUT2D eigenvalue weighted by Gasteiger charge is 2.51. The highest BCUT2D eigenvalue weighted by molar-refractivity contribution is 5.70. The van der Waals surface area contributed by atoms with Crippen molar-refractivity contribution < 1.29 is 63.5 Å². The van der Waals surface area contributed by atoms with Gasteiger partial charge in [-0.1, -0.05) is 31.2 Å². The SMILES string of the molecule is COC1C(O)CC(=O)OC(C)C/C=C/C=C/C(O)C(C)CC(CC=O)C1OC1OC(C)C(OC2CC(C)(O)C(O)C(C)O2)C(N(C)C)C1O. The highest BCUT2D eigenvalue weighted by Crippen LogP contribution is 2.36. The fourth-order valence-corrected chi connectivity index (χ4v) is 7.04. The number of hydrogen-bond donors (Lipinski definition) is 5. The molecular formula is C35H59NO13. The summed E-state index contributed by atoms with van der Waals surface area (Å²) in [5, 5.41) is 55.2. The van der Waals surface area contributed by atoms with Gasteiger partial charge in [0.1, 0.15) is 36.8 Å². The predicted octanol–water partition coefficient (Wildman–Crippen LogP) is 0.846. The number of hydrogen-bond acceptors (Lipinski definition) is 14. The van der Waals surface area contributed by atoms with E-state index in [-0.39, 0.29) is 25.2 Å². The van der Waals surface area contributed by atoms with Crippen LogP contribution >= 0.6 is 0 Å². The normalized spacial score (nSPS) is 46.2. The number of aliphatic hydroxyl groups excluding tert-OH is 4. The number of allylic oxidation sites excluding steroid dienone is 2. The Hall–Kier alpha value is -1.82. The van der Waals surface area contributed by atoms with Crippen LogP contribution in [0.2, 0.25) is 0 Å². The number of methoxy groups -OCH3 is 1. The van der Waals surface area contributed by atoms with Gasteiger partial charge in [0.15, 0.2) is 12.6 Å². The van der Waals surface area contributed by atoms with Gasteiger partial charge in [-0.2, -0.15) is 0 Å². The number of likely N-dealkylation sites (N-methyl/N-ethyl adjacent to an activating group) is 1. The topological polar surface area (TPSA) is 194 Å². The van der Waals surface area contributed by atoms with Crippen molar-refractivity contribution in [2.24, 2.45) is 11.8 Å². The summed E-state index contributed by atoms with van der Waals surface area (Å²) in [6, 6.07) is -0.721. The standard InChI is InChI=1S/C35H59NO13/c1-19-16-23(14-15-37)31(32(44-8)25(39)17-26(40)45-20(2)12-10-9-11-13-24(19)38)49-34-29(41)28(36(6)7)30(21(3)47-34)48-27-18-35(5,43)33(42)22(4)46-27/h9-11,13,15,19-25,27-34,38-39,41-43H,12,14,16-18H2,1-8H3/b10-9+,13-11+. The number of nitrogens with zero attached hydrogens (tertiary/aromatic N) is 1. The van der Waals surface area contributed by atoms with Gasteiger partial charge in [0.2, 0.25) is 0 Å². The van der Waals surface area contributed by atoms with E-state index in [0.717, 1.165) is 6.29 Å². The molecule has 3 aliphatic heterocycles. The summed E-state index contributed by atoms with van der Waals surface area (Å²) >= 11 is 0. The second-order valence-corrected chi connectivity index (χ2v) is 14.3. The molecule has 5 N–H and O–H groups in total. The van der Waals surface area contributed by atoms with Crippen LogP contribution in [0, 0.1) is 11.8 Å². The molecule has 0 aromatic carbocycles. The van der Waals surface area contributed by atoms with E-state index < -0.39 is 104 Å². The molecule has 16 atom stereocenters. The van der Waals surface area contributed by atoms with Crippen LogP contribution in [0.1, 0.15) is 66.7 Å². The lowest BCUT2D eigenvalue weighted by Crippen LogP contribution is -2.65. The van der Waals surface area contributed by atoms with Gasteiger partial charge in [-0.05, 0) is 60.0 Å². The van der Waals surface area contributed by atoms with E-state index in [4.69, 9.17) is 28.4 Å². The van der Waals surface area contributed by atoms with Crippen molar-refractivity contribution in [2.45, 2.75) is 152 Å². The maximum Gasteiger partial charge on any atom is 0.308 e. The molecule has 0 aliphatic carbocycles. The van der Waals surface area contributed by atoms with Gasteiger partial charge in [-0.25, -0.2) is 0 Å². The fourth-order valence-electron chi connectivity index (χ4n) is 7.04. The van der Waals surface area contributed by atoms with E-state index in [2.05, 4.69) is 0 Å². The Balaban J connectivity index is 1.94. The lowest BCUT2D eigenvalue weighted by Gasteiger charge is -2.50. The Bertz CT molecular complexity index is 1100. The van der Waals surface area contributed by atoms with Gasteiger partial charge in [0.05, 0.1) is 48.6 Å². The van der Waals surface area contributed by atoms with Crippen molar-refractivity contribution in [1.29, 1.82) is 0 Å². The summed E-state index contributed by atoms with van der Waals surface area (Å²) in [5.41, 5.74) is -1.46. The molecule has 0 aromatic heterocycles. The number of rotatable bonds is 8. The maximum atomic E-state index is 12.8. The van der Waals surface area contributed by atoms with Crippen molar-refractivity contribution in [2.75, 3.05) is 21.2 Å². The Labute approximate surface area is 289 Å². The van der Waals surface area contributed by atoms with E-state index >= 15 is 0 Å². The molecule has 282 valence electrons. The first-order valence-electron chi connectivity index (χ1n) is 17.2. The third-order valence-corrected chi connectivity index (χ3v) is 9.83. The minimum absolute atomic E-state index is 0.0164. The van der Waals surface area contributed by atoms with Crippen LogP contribution in [-0.4, -0.2) is 149 Å². The largest absolute Gasteiger partial charge is 0.462 e. The molecule has 0 saturated carbocycles. The van der Waals surface area contributed by atoms with Crippen LogP contribution in [0.25, 0.3) is 0 Å². The van der Waals surface area contributed by atoms with Gasteiger partial charge in [0, 0.05) is 26.4 Å². The van der Waals surface area contributed by atoms with Crippen molar-refractivity contribution in [3.8, 4) is 0 Å². The quantitative estimate of drug-likeness (QED) is 0.177. The minimum Gasteiger partial charge on any atom is -0.462 e. The molecule has 0 spiro atoms. The molecule has 14 heteroatoms. The molecule has 14 nitrogen and oxygen atoms in total. The number of carbonyl (C=O) groups is 2. The summed E-state index contributed by atoms with van der Waals surface area (Å²) in [5.74, 6) is -1.64. The molecular weight excluding hydrogens is 642 g/mol. The third kappa shape index (κ3) is 11.1. The first-order chi connectivity index (χ1) is 23.0. The lowest BCUT2D eigenvalue weighted by molar-refractivity contribution is -0.344. The second-order valence-electron chi connectivity index (χ2n) is 14.3. The summed E-state index contributed by atoms with van der Waals surface area (Å²) in [6.07, 6.45) is -4.00. The second kappa shape index (κ2) is 18.6. The summed E-state index contributed by atoms with van der Waals surface area (Å²) in [7, 11) is 4.86. The Morgan fingerprint density at radius 3 is 2.31 bits per heavy atom. The van der Waals surface area contributed by atoms with E-state index in [9.17, 15) is 35.1 Å². The zero-order valence-electron chi connectivity index (χ0n) is 30.0. The first kappa shape index (κ1) is 41.6. The monoisotopic (exact) mass is 701 g/mol. The number of carbonyl (C=O) groups excluding carboxylic acids is 2. The molecule has 3 heterocycles. The highest BCUT2D eigenvalue weighted by atomic mass is 16.7. The number of aldehydes is 1. The Morgan fingerprint density at radius 1 is 1.00 bits per heavy atom. The smallest absolute Gasteiger partial charge is 0.308 e. The van der Waals surface area contributed by atoms with Crippen LogP contribution in [0.5, 0.6) is 0 Å². The first-order valence-corrected chi connectivity index (χ1v) is 17.2. The molecule has 2 saturated heterocycles. The van der Waals surface area contributed by atoms with E-state index in [0.29, 0.717) is 6.42 Å². The van der Waals surface area contributed by atoms with Gasteiger partial charge < -0.3 is 63.6 Å². The molecule has 0 bridgehead atoms. The van der Waals surface area contributed by atoms with Crippen molar-refractivity contribution in [3.63, 3.8) is 0 Å². The lowest BCUT2D eigenvalue weighted by atomic mass is 9.82. The van der Waals surface area contributed by atoms with Gasteiger partial charge in [-0.15, -0.1) is 0 Å². The van der Waals surface area contributed by atoms with Crippen molar-refractivity contribution in [1.82, 2.24) is 4.90 Å². The number of ether oxygens (including phenoxy) is 6. The van der Waals surface area contributed by atoms with Crippen LogP contribution in [0.15, 0.2) is 24.3 Å². The zero-order valence-corrected chi connectivity index (χ0v) is 30.0. The average molecular weight is 702 g/mol. The van der Waals surface area contributed by atoms with E-state index in [1.165, 1.54) is 14.0 Å². The van der Waals surface area contributed by atoms with Gasteiger partial charge in [0.25, 0.3) is 0 Å². The van der Waals surface area contributed by atoms with Gasteiger partial charge in [-0.3, -0.25) is 4.79 Å². The Kier molecular flexibility index (Phi) is 15.8. The third-order valence-electron chi connectivity index (χ3n) is 9.83. The molecule has 0 radical (unpaired) electrons. The Morgan fingerprint density at radius 2 is 1.69 bits per heavy atom. The van der Waals surface area contributed by atoms with Crippen LogP contribution in [-0.2, 0) is 38.0 Å². The molecule has 49 heavy (non-hydrogen) atoms. The summed E-state index contributed by atoms with van der Waals surface area (Å²) in [6.45, 7) is 8.44. The van der Waals surface area contributed by atoms with Crippen molar-refractivity contribution >= 4 is 12.3 Å². The molecule has 16 unspecified atom stereocenters. The molecule has 3 rings (SSSR count).